The van der Waals surface area contributed by atoms with Crippen LogP contribution >= 0.6 is 0 Å². The summed E-state index contributed by atoms with van der Waals surface area (Å²) < 4.78 is 5.72. The smallest absolute Gasteiger partial charge is 0.185 e. The van der Waals surface area contributed by atoms with Gasteiger partial charge in [0.25, 0.3) is 0 Å². The zero-order chi connectivity index (χ0) is 10.1. The largest absolute Gasteiger partial charge is 0.484 e. The first-order valence-corrected chi connectivity index (χ1v) is 4.77. The van der Waals surface area contributed by atoms with E-state index >= 15 is 0 Å². The van der Waals surface area contributed by atoms with E-state index < -0.39 is 0 Å². The van der Waals surface area contributed by atoms with E-state index in [9.17, 15) is 0 Å². The van der Waals surface area contributed by atoms with Gasteiger partial charge in [-0.25, -0.2) is 4.98 Å². The van der Waals surface area contributed by atoms with E-state index in [2.05, 4.69) is 4.98 Å². The Labute approximate surface area is 83.7 Å². The van der Waals surface area contributed by atoms with Crippen molar-refractivity contribution in [1.82, 2.24) is 4.98 Å². The predicted molar refractivity (Wildman–Crippen MR) is 56.6 cm³/mol. The molecule has 0 radical (unpaired) electrons. The molecule has 0 aliphatic heterocycles. The van der Waals surface area contributed by atoms with Crippen molar-refractivity contribution in [3.8, 4) is 5.75 Å². The molecule has 1 fully saturated rings. The van der Waals surface area contributed by atoms with Crippen molar-refractivity contribution in [3.63, 3.8) is 0 Å². The van der Waals surface area contributed by atoms with E-state index in [0.29, 0.717) is 11.8 Å². The number of rotatable bonds is 3. The Morgan fingerprint density at radius 2 is 2.21 bits per heavy atom. The van der Waals surface area contributed by atoms with Crippen LogP contribution in [-0.2, 0) is 0 Å². The average Bonchev–Trinajstić information content (AvgIpc) is 2.91. The molecule has 0 atom stereocenters. The van der Waals surface area contributed by atoms with Crippen LogP contribution in [-0.4, -0.2) is 25.2 Å². The lowest BCUT2D eigenvalue weighted by Gasteiger charge is -2.17. The van der Waals surface area contributed by atoms with E-state index in [-0.39, 0.29) is 0 Å². The highest BCUT2D eigenvalue weighted by molar-refractivity contribution is 5.65. The first-order valence-electron chi connectivity index (χ1n) is 4.77. The summed E-state index contributed by atoms with van der Waals surface area (Å²) in [6.45, 7) is 0. The molecule has 1 saturated carbocycles. The second kappa shape index (κ2) is 3.36. The summed E-state index contributed by atoms with van der Waals surface area (Å²) in [5, 5.41) is 0. The van der Waals surface area contributed by atoms with E-state index in [0.717, 1.165) is 24.4 Å². The number of nitrogen functional groups attached to an aromatic ring is 1. The van der Waals surface area contributed by atoms with E-state index in [1.54, 1.807) is 12.3 Å². The number of nitrogens with two attached hydrogens (primary N) is 1. The van der Waals surface area contributed by atoms with E-state index in [4.69, 9.17) is 10.5 Å². The highest BCUT2D eigenvalue weighted by Crippen LogP contribution is 2.36. The van der Waals surface area contributed by atoms with Gasteiger partial charge >= 0.3 is 0 Å². The van der Waals surface area contributed by atoms with Crippen LogP contribution in [0.25, 0.3) is 0 Å². The fourth-order valence-corrected chi connectivity index (χ4v) is 1.24. The van der Waals surface area contributed by atoms with Crippen LogP contribution in [0.2, 0.25) is 0 Å². The number of nitrogens with zero attached hydrogens (tertiary/aromatic N) is 2. The van der Waals surface area contributed by atoms with Gasteiger partial charge in [0.1, 0.15) is 0 Å². The van der Waals surface area contributed by atoms with Crippen molar-refractivity contribution >= 4 is 11.5 Å². The Bertz CT molecular complexity index is 334. The molecule has 1 aliphatic rings. The van der Waals surface area contributed by atoms with Gasteiger partial charge in [0, 0.05) is 20.3 Å². The minimum atomic E-state index is 0.347. The number of aromatic nitrogens is 1. The first-order chi connectivity index (χ1) is 6.68. The molecule has 0 spiro atoms. The van der Waals surface area contributed by atoms with Gasteiger partial charge in [-0.15, -0.1) is 0 Å². The van der Waals surface area contributed by atoms with Gasteiger partial charge in [0.05, 0.1) is 11.8 Å². The molecule has 4 heteroatoms. The van der Waals surface area contributed by atoms with Gasteiger partial charge in [-0.05, 0) is 18.9 Å². The number of pyridine rings is 1. The molecule has 0 bridgehead atoms. The summed E-state index contributed by atoms with van der Waals surface area (Å²) in [6, 6.07) is 1.77. The lowest BCUT2D eigenvalue weighted by atomic mass is 10.3. The highest BCUT2D eigenvalue weighted by atomic mass is 16.5. The molecule has 2 N–H and O–H groups in total. The van der Waals surface area contributed by atoms with Crippen molar-refractivity contribution in [1.29, 1.82) is 0 Å². The van der Waals surface area contributed by atoms with Gasteiger partial charge in [-0.2, -0.15) is 0 Å². The number of ether oxygens (including phenoxy) is 1. The average molecular weight is 193 g/mol. The third kappa shape index (κ3) is 1.73. The minimum absolute atomic E-state index is 0.347. The second-order valence-electron chi connectivity index (χ2n) is 3.76. The molecule has 0 unspecified atom stereocenters. The SMILES string of the molecule is CN(C)c1nccc(N)c1OC1CC1. The van der Waals surface area contributed by atoms with Crippen LogP contribution in [0.4, 0.5) is 11.5 Å². The summed E-state index contributed by atoms with van der Waals surface area (Å²) in [5.74, 6) is 1.52. The normalized spacial score (nSPS) is 15.3. The molecule has 14 heavy (non-hydrogen) atoms. The molecular formula is C10H15N3O. The van der Waals surface area contributed by atoms with Crippen molar-refractivity contribution in [2.24, 2.45) is 0 Å². The topological polar surface area (TPSA) is 51.4 Å². The Hall–Kier alpha value is -1.45. The third-order valence-electron chi connectivity index (χ3n) is 2.15. The molecule has 0 aromatic carbocycles. The van der Waals surface area contributed by atoms with Gasteiger partial charge in [0.15, 0.2) is 11.6 Å². The van der Waals surface area contributed by atoms with Gasteiger partial charge < -0.3 is 15.4 Å². The Morgan fingerprint density at radius 1 is 1.50 bits per heavy atom. The number of hydrogen-bond donors (Lipinski definition) is 1. The van der Waals surface area contributed by atoms with Crippen molar-refractivity contribution in [2.75, 3.05) is 24.7 Å². The summed E-state index contributed by atoms with van der Waals surface area (Å²) in [6.07, 6.45) is 4.30. The quantitative estimate of drug-likeness (QED) is 0.785. The molecule has 1 aromatic heterocycles. The monoisotopic (exact) mass is 193 g/mol. The standard InChI is InChI=1S/C10H15N3O/c1-13(2)10-9(14-7-3-4-7)8(11)5-6-12-10/h5-7H,3-4H2,1-2H3,(H2,11,12). The van der Waals surface area contributed by atoms with E-state index in [1.807, 2.05) is 19.0 Å². The molecule has 4 nitrogen and oxygen atoms in total. The van der Waals surface area contributed by atoms with Gasteiger partial charge in [-0.1, -0.05) is 0 Å². The molecule has 0 amide bonds. The molecular weight excluding hydrogens is 178 g/mol. The summed E-state index contributed by atoms with van der Waals surface area (Å²) in [5.41, 5.74) is 6.51. The van der Waals surface area contributed by atoms with Crippen molar-refractivity contribution < 1.29 is 4.74 Å². The van der Waals surface area contributed by atoms with Crippen LogP contribution in [0.3, 0.4) is 0 Å². The highest BCUT2D eigenvalue weighted by Gasteiger charge is 2.26. The Balaban J connectivity index is 2.31. The number of hydrogen-bond acceptors (Lipinski definition) is 4. The third-order valence-corrected chi connectivity index (χ3v) is 2.15. The lowest BCUT2D eigenvalue weighted by Crippen LogP contribution is -2.14. The maximum absolute atomic E-state index is 5.84. The fourth-order valence-electron chi connectivity index (χ4n) is 1.24. The predicted octanol–water partition coefficient (Wildman–Crippen LogP) is 1.27. The summed E-state index contributed by atoms with van der Waals surface area (Å²) in [7, 11) is 3.86. The van der Waals surface area contributed by atoms with Crippen molar-refractivity contribution in [3.05, 3.63) is 12.3 Å². The number of anilines is 2. The Kier molecular flexibility index (Phi) is 2.19. The lowest BCUT2D eigenvalue weighted by molar-refractivity contribution is 0.304. The molecule has 1 heterocycles. The van der Waals surface area contributed by atoms with E-state index in [1.165, 1.54) is 0 Å². The molecule has 1 aromatic rings. The molecule has 76 valence electrons. The summed E-state index contributed by atoms with van der Waals surface area (Å²) >= 11 is 0. The maximum atomic E-state index is 5.84. The molecule has 2 rings (SSSR count). The zero-order valence-corrected chi connectivity index (χ0v) is 8.53. The first kappa shape index (κ1) is 9.12. The summed E-state index contributed by atoms with van der Waals surface area (Å²) in [4.78, 5) is 6.15. The van der Waals surface area contributed by atoms with Crippen LogP contribution < -0.4 is 15.4 Å². The zero-order valence-electron chi connectivity index (χ0n) is 8.53. The van der Waals surface area contributed by atoms with Crippen LogP contribution in [0.15, 0.2) is 12.3 Å². The van der Waals surface area contributed by atoms with Gasteiger partial charge in [0.2, 0.25) is 0 Å². The van der Waals surface area contributed by atoms with Crippen LogP contribution in [0, 0.1) is 0 Å². The fraction of sp³-hybridized carbons (Fsp3) is 0.500. The molecule has 1 aliphatic carbocycles. The van der Waals surface area contributed by atoms with Crippen LogP contribution in [0.5, 0.6) is 5.75 Å². The van der Waals surface area contributed by atoms with Crippen LogP contribution in [0.1, 0.15) is 12.8 Å². The molecule has 0 saturated heterocycles. The van der Waals surface area contributed by atoms with Crippen molar-refractivity contribution in [2.45, 2.75) is 18.9 Å². The Morgan fingerprint density at radius 3 is 2.79 bits per heavy atom. The second-order valence-corrected chi connectivity index (χ2v) is 3.76. The van der Waals surface area contributed by atoms with Gasteiger partial charge in [-0.3, -0.25) is 0 Å². The maximum Gasteiger partial charge on any atom is 0.185 e. The minimum Gasteiger partial charge on any atom is -0.484 e.